The maximum absolute atomic E-state index is 5.64. The quantitative estimate of drug-likeness (QED) is 0.733. The number of rotatable bonds is 1. The molecule has 2 heteroatoms. The molecule has 0 radical (unpaired) electrons. The van der Waals surface area contributed by atoms with Gasteiger partial charge in [-0.1, -0.05) is 48.5 Å². The Balaban J connectivity index is 2.05. The fourth-order valence-corrected chi connectivity index (χ4v) is 3.04. The van der Waals surface area contributed by atoms with Crippen molar-refractivity contribution in [1.82, 2.24) is 0 Å². The Morgan fingerprint density at radius 2 is 1.69 bits per heavy atom. The number of benzene rings is 2. The summed E-state index contributed by atoms with van der Waals surface area (Å²) in [6, 6.07) is 18.9. The molecule has 1 unspecified atom stereocenters. The van der Waals surface area contributed by atoms with Crippen LogP contribution in [0.4, 0.5) is 0 Å². The van der Waals surface area contributed by atoms with Crippen LogP contribution < -0.4 is 4.74 Å². The Morgan fingerprint density at radius 1 is 0.938 bits per heavy atom. The van der Waals surface area contributed by atoms with Gasteiger partial charge in [0.2, 0.25) is 0 Å². The molecule has 80 valence electrons. The summed E-state index contributed by atoms with van der Waals surface area (Å²) in [6.07, 6.45) is 0. The van der Waals surface area contributed by atoms with Crippen LogP contribution in [0.5, 0.6) is 5.75 Å². The van der Waals surface area contributed by atoms with Crippen LogP contribution in [-0.4, -0.2) is 5.94 Å². The van der Waals surface area contributed by atoms with E-state index in [0.29, 0.717) is 5.25 Å². The predicted octanol–water partition coefficient (Wildman–Crippen LogP) is 3.86. The summed E-state index contributed by atoms with van der Waals surface area (Å²) in [7, 11) is 0. The lowest BCUT2D eigenvalue weighted by molar-refractivity contribution is 0.382. The number of hydrogen-bond acceptors (Lipinski definition) is 2. The number of thioether (sulfide) groups is 1. The third-order valence-electron chi connectivity index (χ3n) is 2.75. The molecule has 2 aromatic rings. The smallest absolute Gasteiger partial charge is 0.135 e. The Kier molecular flexibility index (Phi) is 2.58. The van der Waals surface area contributed by atoms with E-state index in [4.69, 9.17) is 4.74 Å². The first-order chi connectivity index (χ1) is 7.95. The van der Waals surface area contributed by atoms with Crippen LogP contribution >= 0.6 is 11.8 Å². The van der Waals surface area contributed by atoms with Crippen molar-refractivity contribution >= 4 is 11.8 Å². The number of para-hydroxylation sites is 1. The van der Waals surface area contributed by atoms with E-state index in [0.717, 1.165) is 11.7 Å². The molecular weight excluding hydrogens is 216 g/mol. The lowest BCUT2D eigenvalue weighted by Gasteiger charge is -2.25. The summed E-state index contributed by atoms with van der Waals surface area (Å²) in [5.41, 5.74) is 2.63. The molecule has 16 heavy (non-hydrogen) atoms. The highest BCUT2D eigenvalue weighted by Gasteiger charge is 2.22. The first-order valence-electron chi connectivity index (χ1n) is 5.33. The molecule has 1 nitrogen and oxygen atoms in total. The molecule has 1 heterocycles. The second kappa shape index (κ2) is 4.22. The van der Waals surface area contributed by atoms with E-state index in [1.165, 1.54) is 11.1 Å². The Bertz CT molecular complexity index is 481. The van der Waals surface area contributed by atoms with Crippen molar-refractivity contribution in [3.8, 4) is 5.75 Å². The third-order valence-corrected chi connectivity index (χ3v) is 3.87. The van der Waals surface area contributed by atoms with Gasteiger partial charge in [-0.2, -0.15) is 0 Å². The molecule has 0 N–H and O–H groups in total. The van der Waals surface area contributed by atoms with E-state index in [-0.39, 0.29) is 0 Å². The van der Waals surface area contributed by atoms with Gasteiger partial charge < -0.3 is 4.74 Å². The van der Waals surface area contributed by atoms with Crippen molar-refractivity contribution in [3.63, 3.8) is 0 Å². The fourth-order valence-electron chi connectivity index (χ4n) is 1.99. The van der Waals surface area contributed by atoms with Crippen LogP contribution in [0.3, 0.4) is 0 Å². The minimum absolute atomic E-state index is 0.408. The lowest BCUT2D eigenvalue weighted by atomic mass is 10.0. The van der Waals surface area contributed by atoms with Crippen LogP contribution in [0, 0.1) is 0 Å². The molecule has 0 aliphatic carbocycles. The van der Waals surface area contributed by atoms with Crippen molar-refractivity contribution < 1.29 is 4.74 Å². The summed E-state index contributed by atoms with van der Waals surface area (Å²) in [5.74, 6) is 1.76. The maximum atomic E-state index is 5.64. The van der Waals surface area contributed by atoms with Crippen LogP contribution in [0.2, 0.25) is 0 Å². The molecular formula is C14H12OS. The highest BCUT2D eigenvalue weighted by atomic mass is 32.2. The van der Waals surface area contributed by atoms with E-state index in [1.807, 2.05) is 23.9 Å². The summed E-state index contributed by atoms with van der Waals surface area (Å²) < 4.78 is 5.64. The lowest BCUT2D eigenvalue weighted by Crippen LogP contribution is -2.09. The molecule has 0 saturated carbocycles. The van der Waals surface area contributed by atoms with Gasteiger partial charge in [-0.3, -0.25) is 0 Å². The zero-order chi connectivity index (χ0) is 10.8. The molecule has 1 aliphatic heterocycles. The van der Waals surface area contributed by atoms with Crippen molar-refractivity contribution in [1.29, 1.82) is 0 Å². The molecule has 0 amide bonds. The van der Waals surface area contributed by atoms with Gasteiger partial charge in [-0.25, -0.2) is 0 Å². The minimum atomic E-state index is 0.408. The third kappa shape index (κ3) is 1.69. The summed E-state index contributed by atoms with van der Waals surface area (Å²) >= 11 is 1.84. The number of ether oxygens (including phenoxy) is 1. The average Bonchev–Trinajstić information content (AvgIpc) is 2.39. The standard InChI is InChI=1S/C14H12OS/c1-2-6-11(7-3-1)14-12-8-4-5-9-13(12)15-10-16-14/h1-9,14H,10H2. The zero-order valence-corrected chi connectivity index (χ0v) is 9.61. The van der Waals surface area contributed by atoms with Crippen molar-refractivity contribution in [2.75, 3.05) is 5.94 Å². The highest BCUT2D eigenvalue weighted by molar-refractivity contribution is 7.99. The van der Waals surface area contributed by atoms with Crippen molar-refractivity contribution in [2.24, 2.45) is 0 Å². The summed E-state index contributed by atoms with van der Waals surface area (Å²) in [4.78, 5) is 0. The van der Waals surface area contributed by atoms with Gasteiger partial charge in [0, 0.05) is 5.56 Å². The first-order valence-corrected chi connectivity index (χ1v) is 6.38. The molecule has 0 spiro atoms. The Labute approximate surface area is 99.4 Å². The fraction of sp³-hybridized carbons (Fsp3) is 0.143. The zero-order valence-electron chi connectivity index (χ0n) is 8.80. The summed E-state index contributed by atoms with van der Waals surface area (Å²) in [5, 5.41) is 0.408. The molecule has 0 aromatic heterocycles. The van der Waals surface area contributed by atoms with Crippen LogP contribution in [0.25, 0.3) is 0 Å². The van der Waals surface area contributed by atoms with Gasteiger partial charge in [0.1, 0.15) is 11.7 Å². The van der Waals surface area contributed by atoms with E-state index < -0.39 is 0 Å². The van der Waals surface area contributed by atoms with Gasteiger partial charge in [-0.15, -0.1) is 11.8 Å². The Morgan fingerprint density at radius 3 is 2.56 bits per heavy atom. The van der Waals surface area contributed by atoms with Gasteiger partial charge in [-0.05, 0) is 11.6 Å². The van der Waals surface area contributed by atoms with E-state index >= 15 is 0 Å². The average molecular weight is 228 g/mol. The molecule has 0 fully saturated rings. The van der Waals surface area contributed by atoms with Crippen molar-refractivity contribution in [3.05, 3.63) is 65.7 Å². The monoisotopic (exact) mass is 228 g/mol. The Hall–Kier alpha value is -1.41. The van der Waals surface area contributed by atoms with Gasteiger partial charge in [0.05, 0.1) is 5.25 Å². The molecule has 1 atom stereocenters. The predicted molar refractivity (Wildman–Crippen MR) is 67.8 cm³/mol. The first kappa shape index (κ1) is 9.79. The topological polar surface area (TPSA) is 9.23 Å². The molecule has 2 aromatic carbocycles. The van der Waals surface area contributed by atoms with Gasteiger partial charge >= 0.3 is 0 Å². The molecule has 3 rings (SSSR count). The van der Waals surface area contributed by atoms with E-state index in [9.17, 15) is 0 Å². The summed E-state index contributed by atoms with van der Waals surface area (Å²) in [6.45, 7) is 0. The van der Waals surface area contributed by atoms with Crippen LogP contribution in [-0.2, 0) is 0 Å². The normalized spacial score (nSPS) is 18.6. The molecule has 0 bridgehead atoms. The van der Waals surface area contributed by atoms with Gasteiger partial charge in [0.25, 0.3) is 0 Å². The number of hydrogen-bond donors (Lipinski definition) is 0. The van der Waals surface area contributed by atoms with Crippen molar-refractivity contribution in [2.45, 2.75) is 5.25 Å². The van der Waals surface area contributed by atoms with E-state index in [2.05, 4.69) is 42.5 Å². The van der Waals surface area contributed by atoms with Crippen LogP contribution in [0.15, 0.2) is 54.6 Å². The largest absolute Gasteiger partial charge is 0.483 e. The minimum Gasteiger partial charge on any atom is -0.483 e. The maximum Gasteiger partial charge on any atom is 0.135 e. The van der Waals surface area contributed by atoms with Gasteiger partial charge in [0.15, 0.2) is 0 Å². The molecule has 1 aliphatic rings. The van der Waals surface area contributed by atoms with Crippen LogP contribution in [0.1, 0.15) is 16.4 Å². The SMILES string of the molecule is c1ccc(C2SCOc3ccccc32)cc1. The number of fused-ring (bicyclic) bond motifs is 1. The second-order valence-corrected chi connectivity index (χ2v) is 4.80. The second-order valence-electron chi connectivity index (χ2n) is 3.76. The highest BCUT2D eigenvalue weighted by Crippen LogP contribution is 2.43. The van der Waals surface area contributed by atoms with E-state index in [1.54, 1.807) is 0 Å². The molecule has 0 saturated heterocycles.